The molecule has 1 saturated heterocycles. The molecule has 0 unspecified atom stereocenters. The molecule has 1 fully saturated rings. The Bertz CT molecular complexity index is 982. The van der Waals surface area contributed by atoms with Crippen LogP contribution in [0.4, 0.5) is 5.69 Å². The molecule has 4 rings (SSSR count). The van der Waals surface area contributed by atoms with Crippen molar-refractivity contribution in [3.05, 3.63) is 53.2 Å². The first kappa shape index (κ1) is 19.4. The van der Waals surface area contributed by atoms with Crippen molar-refractivity contribution in [1.29, 1.82) is 0 Å². The average Bonchev–Trinajstić information content (AvgIpc) is 3.21. The Balaban J connectivity index is 1.44. The van der Waals surface area contributed by atoms with E-state index in [-0.39, 0.29) is 16.5 Å². The van der Waals surface area contributed by atoms with E-state index in [1.807, 2.05) is 18.3 Å². The van der Waals surface area contributed by atoms with E-state index in [1.54, 1.807) is 7.11 Å². The lowest BCUT2D eigenvalue weighted by Gasteiger charge is -2.36. The number of phenols is 2. The van der Waals surface area contributed by atoms with Gasteiger partial charge in [0.05, 0.1) is 17.8 Å². The van der Waals surface area contributed by atoms with Crippen LogP contribution in [0.1, 0.15) is 5.56 Å². The largest absolute Gasteiger partial charge is 0.507 e. The van der Waals surface area contributed by atoms with Gasteiger partial charge in [0.1, 0.15) is 22.9 Å². The number of halogens is 1. The number of nitrogens with one attached hydrogen (secondary N) is 1. The third kappa shape index (κ3) is 4.11. The van der Waals surface area contributed by atoms with Crippen molar-refractivity contribution in [1.82, 2.24) is 15.1 Å². The lowest BCUT2D eigenvalue weighted by atomic mass is 10.1. The number of methoxy groups -OCH3 is 1. The first-order valence-corrected chi connectivity index (χ1v) is 9.79. The van der Waals surface area contributed by atoms with Gasteiger partial charge in [-0.2, -0.15) is 5.10 Å². The number of piperazine rings is 1. The third-order valence-corrected chi connectivity index (χ3v) is 5.52. The Hall–Kier alpha value is -2.90. The number of hydrogen-bond acceptors (Lipinski definition) is 6. The van der Waals surface area contributed by atoms with Crippen LogP contribution in [0.15, 0.2) is 42.6 Å². The standard InChI is InChI=1S/C21H23ClN4O3/c1-29-15-4-2-14(3-5-15)13-25-6-8-26(9-7-25)18-12-23-24-21(18)16-10-17(22)20(28)11-19(16)27/h2-5,10-12,27-28H,6-9,13H2,1H3,(H,23,24). The van der Waals surface area contributed by atoms with Crippen LogP contribution < -0.4 is 9.64 Å². The number of aromatic hydroxyl groups is 2. The van der Waals surface area contributed by atoms with Crippen LogP contribution in [0.2, 0.25) is 5.02 Å². The maximum atomic E-state index is 10.2. The van der Waals surface area contributed by atoms with Gasteiger partial charge in [-0.25, -0.2) is 0 Å². The SMILES string of the molecule is COc1ccc(CN2CCN(c3c[nH]nc3-c3cc(Cl)c(O)cc3O)CC2)cc1. The number of rotatable bonds is 5. The molecule has 2 aromatic carbocycles. The molecule has 2 heterocycles. The maximum Gasteiger partial charge on any atom is 0.137 e. The van der Waals surface area contributed by atoms with Crippen molar-refractivity contribution in [3.8, 4) is 28.5 Å². The summed E-state index contributed by atoms with van der Waals surface area (Å²) in [5.74, 6) is 0.652. The van der Waals surface area contributed by atoms with Crippen molar-refractivity contribution in [2.24, 2.45) is 0 Å². The number of aromatic nitrogens is 2. The van der Waals surface area contributed by atoms with Crippen LogP contribution in [0.3, 0.4) is 0 Å². The lowest BCUT2D eigenvalue weighted by Crippen LogP contribution is -2.46. The van der Waals surface area contributed by atoms with Gasteiger partial charge in [0.25, 0.3) is 0 Å². The average molecular weight is 415 g/mol. The van der Waals surface area contributed by atoms with Gasteiger partial charge in [-0.15, -0.1) is 0 Å². The second-order valence-corrected chi connectivity index (χ2v) is 7.46. The van der Waals surface area contributed by atoms with Gasteiger partial charge in [0, 0.05) is 50.6 Å². The first-order chi connectivity index (χ1) is 14.0. The molecule has 3 aromatic rings. The van der Waals surface area contributed by atoms with Gasteiger partial charge in [-0.05, 0) is 23.8 Å². The van der Waals surface area contributed by atoms with E-state index in [0.29, 0.717) is 11.3 Å². The van der Waals surface area contributed by atoms with E-state index in [0.717, 1.165) is 44.2 Å². The zero-order chi connectivity index (χ0) is 20.4. The summed E-state index contributed by atoms with van der Waals surface area (Å²) >= 11 is 6.03. The third-order valence-electron chi connectivity index (χ3n) is 5.22. The van der Waals surface area contributed by atoms with E-state index < -0.39 is 0 Å². The zero-order valence-electron chi connectivity index (χ0n) is 16.1. The van der Waals surface area contributed by atoms with Gasteiger partial charge in [-0.3, -0.25) is 10.00 Å². The highest BCUT2D eigenvalue weighted by atomic mass is 35.5. The number of ether oxygens (including phenoxy) is 1. The van der Waals surface area contributed by atoms with Gasteiger partial charge in [0.15, 0.2) is 0 Å². The van der Waals surface area contributed by atoms with Crippen molar-refractivity contribution < 1.29 is 14.9 Å². The fourth-order valence-electron chi connectivity index (χ4n) is 3.60. The van der Waals surface area contributed by atoms with Crippen molar-refractivity contribution >= 4 is 17.3 Å². The number of phenolic OH excluding ortho intramolecular Hbond substituents is 2. The topological polar surface area (TPSA) is 84.9 Å². The molecule has 3 N–H and O–H groups in total. The minimum absolute atomic E-state index is 0.0570. The molecule has 8 heteroatoms. The molecule has 0 atom stereocenters. The summed E-state index contributed by atoms with van der Waals surface area (Å²) in [7, 11) is 1.67. The molecular formula is C21H23ClN4O3. The number of anilines is 1. The summed E-state index contributed by atoms with van der Waals surface area (Å²) < 4.78 is 5.22. The number of nitrogens with zero attached hydrogens (tertiary/aromatic N) is 3. The van der Waals surface area contributed by atoms with Crippen LogP contribution in [-0.4, -0.2) is 58.6 Å². The summed E-state index contributed by atoms with van der Waals surface area (Å²) in [5, 5.41) is 27.3. The van der Waals surface area contributed by atoms with Gasteiger partial charge >= 0.3 is 0 Å². The number of hydrogen-bond donors (Lipinski definition) is 3. The molecular weight excluding hydrogens is 392 g/mol. The summed E-state index contributed by atoms with van der Waals surface area (Å²) in [5.41, 5.74) is 3.27. The molecule has 0 aliphatic carbocycles. The molecule has 0 bridgehead atoms. The van der Waals surface area contributed by atoms with E-state index in [2.05, 4.69) is 32.1 Å². The van der Waals surface area contributed by atoms with Crippen molar-refractivity contribution in [2.75, 3.05) is 38.2 Å². The molecule has 0 spiro atoms. The van der Waals surface area contributed by atoms with E-state index in [4.69, 9.17) is 16.3 Å². The summed E-state index contributed by atoms with van der Waals surface area (Å²) in [4.78, 5) is 4.65. The highest BCUT2D eigenvalue weighted by Crippen LogP contribution is 2.40. The molecule has 1 aromatic heterocycles. The Morgan fingerprint density at radius 3 is 2.48 bits per heavy atom. The van der Waals surface area contributed by atoms with Crippen LogP contribution >= 0.6 is 11.6 Å². The second-order valence-electron chi connectivity index (χ2n) is 7.05. The monoisotopic (exact) mass is 414 g/mol. The zero-order valence-corrected chi connectivity index (χ0v) is 16.9. The first-order valence-electron chi connectivity index (χ1n) is 9.41. The summed E-state index contributed by atoms with van der Waals surface area (Å²) in [6.07, 6.45) is 1.83. The Kier molecular flexibility index (Phi) is 5.51. The quantitative estimate of drug-likeness (QED) is 0.592. The van der Waals surface area contributed by atoms with E-state index in [9.17, 15) is 10.2 Å². The van der Waals surface area contributed by atoms with E-state index in [1.165, 1.54) is 17.7 Å². The lowest BCUT2D eigenvalue weighted by molar-refractivity contribution is 0.250. The Morgan fingerprint density at radius 1 is 1.07 bits per heavy atom. The molecule has 0 radical (unpaired) electrons. The van der Waals surface area contributed by atoms with Crippen molar-refractivity contribution in [3.63, 3.8) is 0 Å². The molecule has 152 valence electrons. The fraction of sp³-hybridized carbons (Fsp3) is 0.286. The van der Waals surface area contributed by atoms with Gasteiger partial charge < -0.3 is 19.8 Å². The number of H-pyrrole nitrogens is 1. The maximum absolute atomic E-state index is 10.2. The second kappa shape index (κ2) is 8.23. The minimum Gasteiger partial charge on any atom is -0.507 e. The highest BCUT2D eigenvalue weighted by molar-refractivity contribution is 6.32. The predicted octanol–water partition coefficient (Wildman–Crippen LogP) is 3.47. The minimum atomic E-state index is -0.155. The molecule has 7 nitrogen and oxygen atoms in total. The molecule has 0 amide bonds. The molecule has 29 heavy (non-hydrogen) atoms. The predicted molar refractivity (Wildman–Crippen MR) is 113 cm³/mol. The summed E-state index contributed by atoms with van der Waals surface area (Å²) in [6.45, 7) is 4.41. The Labute approximate surface area is 174 Å². The molecule has 0 saturated carbocycles. The van der Waals surface area contributed by atoms with Crippen LogP contribution in [0.5, 0.6) is 17.2 Å². The van der Waals surface area contributed by atoms with Crippen LogP contribution in [-0.2, 0) is 6.54 Å². The smallest absolute Gasteiger partial charge is 0.137 e. The number of benzene rings is 2. The normalized spacial score (nSPS) is 14.9. The van der Waals surface area contributed by atoms with Crippen LogP contribution in [0.25, 0.3) is 11.3 Å². The highest BCUT2D eigenvalue weighted by Gasteiger charge is 2.23. The Morgan fingerprint density at radius 2 is 1.79 bits per heavy atom. The molecule has 1 aliphatic rings. The van der Waals surface area contributed by atoms with Crippen molar-refractivity contribution in [2.45, 2.75) is 6.54 Å². The van der Waals surface area contributed by atoms with Crippen LogP contribution in [0, 0.1) is 0 Å². The molecule has 1 aliphatic heterocycles. The van der Waals surface area contributed by atoms with Gasteiger partial charge in [0.2, 0.25) is 0 Å². The van der Waals surface area contributed by atoms with Gasteiger partial charge in [-0.1, -0.05) is 23.7 Å². The van der Waals surface area contributed by atoms with E-state index >= 15 is 0 Å². The number of aromatic amines is 1. The fourth-order valence-corrected chi connectivity index (χ4v) is 3.76. The summed E-state index contributed by atoms with van der Waals surface area (Å²) in [6, 6.07) is 10.9.